The molecule has 10 heteroatoms. The van der Waals surface area contributed by atoms with Gasteiger partial charge in [0, 0.05) is 43.4 Å². The fourth-order valence-corrected chi connectivity index (χ4v) is 3.41. The normalized spacial score (nSPS) is 10.8. The van der Waals surface area contributed by atoms with E-state index >= 15 is 0 Å². The van der Waals surface area contributed by atoms with E-state index in [0.29, 0.717) is 17.0 Å². The van der Waals surface area contributed by atoms with E-state index in [1.54, 1.807) is 36.0 Å². The number of carbonyl (C=O) groups is 2. The number of rotatable bonds is 7. The maximum absolute atomic E-state index is 13.7. The minimum Gasteiger partial charge on any atom is -0.494 e. The summed E-state index contributed by atoms with van der Waals surface area (Å²) in [7, 11) is 4.39. The summed E-state index contributed by atoms with van der Waals surface area (Å²) >= 11 is 0. The molecule has 2 aromatic heterocycles. The number of carbonyl (C=O) groups excluding carboxylic acids is 2. The molecular weight excluding hydrogens is 441 g/mol. The van der Waals surface area contributed by atoms with Crippen LogP contribution in [-0.4, -0.2) is 54.1 Å². The van der Waals surface area contributed by atoms with Crippen LogP contribution in [0.15, 0.2) is 61.1 Å². The Bertz CT molecular complexity index is 1350. The summed E-state index contributed by atoms with van der Waals surface area (Å²) in [6.45, 7) is -0.0298. The van der Waals surface area contributed by atoms with Crippen LogP contribution in [0.25, 0.3) is 16.9 Å². The van der Waals surface area contributed by atoms with Crippen molar-refractivity contribution in [1.29, 1.82) is 0 Å². The van der Waals surface area contributed by atoms with Crippen LogP contribution in [0.4, 0.5) is 15.8 Å². The van der Waals surface area contributed by atoms with Crippen molar-refractivity contribution in [2.45, 2.75) is 0 Å². The van der Waals surface area contributed by atoms with Gasteiger partial charge < -0.3 is 19.7 Å². The van der Waals surface area contributed by atoms with Crippen LogP contribution >= 0.6 is 0 Å². The van der Waals surface area contributed by atoms with Gasteiger partial charge in [0.1, 0.15) is 12.3 Å². The molecule has 9 nitrogen and oxygen atoms in total. The number of nitrogens with zero attached hydrogens (tertiary/aromatic N) is 4. The van der Waals surface area contributed by atoms with Crippen molar-refractivity contribution in [3.05, 3.63) is 72.6 Å². The molecule has 0 aliphatic heterocycles. The molecule has 0 radical (unpaired) electrons. The minimum absolute atomic E-state index is 0.0298. The number of hydrogen-bond acceptors (Lipinski definition) is 6. The Balaban J connectivity index is 1.61. The molecule has 0 aliphatic carbocycles. The van der Waals surface area contributed by atoms with E-state index < -0.39 is 5.82 Å². The number of benzene rings is 2. The van der Waals surface area contributed by atoms with E-state index in [1.807, 2.05) is 12.1 Å². The quantitative estimate of drug-likeness (QED) is 0.451. The molecule has 0 unspecified atom stereocenters. The smallest absolute Gasteiger partial charge is 0.278 e. The summed E-state index contributed by atoms with van der Waals surface area (Å²) in [5.74, 6) is -1.10. The third-order valence-electron chi connectivity index (χ3n) is 5.18. The van der Waals surface area contributed by atoms with Crippen LogP contribution in [0, 0.1) is 5.82 Å². The average molecular weight is 463 g/mol. The number of methoxy groups -OCH3 is 2. The number of imidazole rings is 1. The fourth-order valence-electron chi connectivity index (χ4n) is 3.41. The number of anilines is 2. The monoisotopic (exact) mass is 463 g/mol. The lowest BCUT2D eigenvalue weighted by Crippen LogP contribution is -2.27. The van der Waals surface area contributed by atoms with E-state index in [-0.39, 0.29) is 29.9 Å². The van der Waals surface area contributed by atoms with Gasteiger partial charge in [-0.1, -0.05) is 12.1 Å². The predicted molar refractivity (Wildman–Crippen MR) is 125 cm³/mol. The van der Waals surface area contributed by atoms with Gasteiger partial charge in [0.05, 0.1) is 25.2 Å². The summed E-state index contributed by atoms with van der Waals surface area (Å²) in [6.07, 6.45) is 4.79. The SMILES string of the molecule is COCC(=O)Nc1ccc(-c2cnc3cnc(C(=O)N(C)c4ccc(F)c(OC)c4)cn23)cc1. The highest BCUT2D eigenvalue weighted by Gasteiger charge is 2.18. The molecule has 2 aromatic carbocycles. The van der Waals surface area contributed by atoms with Gasteiger partial charge in [-0.15, -0.1) is 0 Å². The first-order chi connectivity index (χ1) is 16.4. The molecule has 174 valence electrons. The van der Waals surface area contributed by atoms with Crippen LogP contribution in [0.2, 0.25) is 0 Å². The third kappa shape index (κ3) is 4.57. The highest BCUT2D eigenvalue weighted by Crippen LogP contribution is 2.26. The van der Waals surface area contributed by atoms with Gasteiger partial charge >= 0.3 is 0 Å². The number of ether oxygens (including phenoxy) is 2. The van der Waals surface area contributed by atoms with Gasteiger partial charge in [0.25, 0.3) is 5.91 Å². The molecule has 34 heavy (non-hydrogen) atoms. The molecule has 0 atom stereocenters. The predicted octanol–water partition coefficient (Wildman–Crippen LogP) is 3.41. The van der Waals surface area contributed by atoms with Crippen molar-refractivity contribution >= 4 is 28.8 Å². The van der Waals surface area contributed by atoms with E-state index in [9.17, 15) is 14.0 Å². The molecule has 2 heterocycles. The maximum atomic E-state index is 13.7. The first kappa shape index (κ1) is 22.9. The van der Waals surface area contributed by atoms with E-state index in [2.05, 4.69) is 15.3 Å². The summed E-state index contributed by atoms with van der Waals surface area (Å²) in [5.41, 5.74) is 3.41. The lowest BCUT2D eigenvalue weighted by atomic mass is 10.1. The molecular formula is C24H22FN5O4. The zero-order valence-corrected chi connectivity index (χ0v) is 18.8. The Morgan fingerprint density at radius 2 is 1.85 bits per heavy atom. The van der Waals surface area contributed by atoms with E-state index in [0.717, 1.165) is 11.3 Å². The first-order valence-electron chi connectivity index (χ1n) is 10.2. The van der Waals surface area contributed by atoms with E-state index in [4.69, 9.17) is 9.47 Å². The van der Waals surface area contributed by atoms with Crippen molar-refractivity contribution in [3.8, 4) is 17.0 Å². The van der Waals surface area contributed by atoms with Crippen molar-refractivity contribution in [3.63, 3.8) is 0 Å². The largest absolute Gasteiger partial charge is 0.494 e. The van der Waals surface area contributed by atoms with Gasteiger partial charge in [-0.2, -0.15) is 0 Å². The molecule has 0 bridgehead atoms. The van der Waals surface area contributed by atoms with Gasteiger partial charge in [-0.3, -0.25) is 14.0 Å². The van der Waals surface area contributed by atoms with Crippen molar-refractivity contribution in [2.75, 3.05) is 38.1 Å². The summed E-state index contributed by atoms with van der Waals surface area (Å²) in [5, 5.41) is 2.74. The van der Waals surface area contributed by atoms with Gasteiger partial charge in [-0.25, -0.2) is 14.4 Å². The second-order valence-corrected chi connectivity index (χ2v) is 7.39. The third-order valence-corrected chi connectivity index (χ3v) is 5.18. The lowest BCUT2D eigenvalue weighted by Gasteiger charge is -2.18. The summed E-state index contributed by atoms with van der Waals surface area (Å²) < 4.78 is 25.3. The molecule has 0 fully saturated rings. The van der Waals surface area contributed by atoms with Crippen LogP contribution in [0.3, 0.4) is 0 Å². The van der Waals surface area contributed by atoms with Gasteiger partial charge in [0.2, 0.25) is 5.91 Å². The number of nitrogens with one attached hydrogen (secondary N) is 1. The number of hydrogen-bond donors (Lipinski definition) is 1. The molecule has 4 aromatic rings. The van der Waals surface area contributed by atoms with Crippen LogP contribution in [0.5, 0.6) is 5.75 Å². The molecule has 4 rings (SSSR count). The Morgan fingerprint density at radius 1 is 1.09 bits per heavy atom. The average Bonchev–Trinajstić information content (AvgIpc) is 3.27. The van der Waals surface area contributed by atoms with Gasteiger partial charge in [0.15, 0.2) is 17.2 Å². The number of amides is 2. The van der Waals surface area contributed by atoms with Crippen molar-refractivity contribution < 1.29 is 23.5 Å². The second kappa shape index (κ2) is 9.67. The van der Waals surface area contributed by atoms with Crippen LogP contribution in [0.1, 0.15) is 10.5 Å². The van der Waals surface area contributed by atoms with Gasteiger partial charge in [-0.05, 0) is 24.3 Å². The molecule has 2 amide bonds. The minimum atomic E-state index is -0.515. The number of aromatic nitrogens is 3. The Morgan fingerprint density at radius 3 is 2.56 bits per heavy atom. The summed E-state index contributed by atoms with van der Waals surface area (Å²) in [4.78, 5) is 34.7. The standard InChI is InChI=1S/C24H22FN5O4/c1-29(17-8-9-18(25)21(10-17)34-3)24(32)19-13-30-20(11-27-22(30)12-26-19)15-4-6-16(7-5-15)28-23(31)14-33-2/h4-13H,14H2,1-3H3,(H,28,31). The van der Waals surface area contributed by atoms with Crippen LogP contribution in [-0.2, 0) is 9.53 Å². The maximum Gasteiger partial charge on any atom is 0.278 e. The topological polar surface area (TPSA) is 98.1 Å². The molecule has 0 saturated heterocycles. The van der Waals surface area contributed by atoms with Crippen LogP contribution < -0.4 is 15.0 Å². The first-order valence-corrected chi connectivity index (χ1v) is 10.2. The number of halogens is 1. The zero-order chi connectivity index (χ0) is 24.2. The van der Waals surface area contributed by atoms with E-state index in [1.165, 1.54) is 43.5 Å². The zero-order valence-electron chi connectivity index (χ0n) is 18.8. The Hall–Kier alpha value is -4.31. The number of fused-ring (bicyclic) bond motifs is 1. The second-order valence-electron chi connectivity index (χ2n) is 7.39. The van der Waals surface area contributed by atoms with Crippen molar-refractivity contribution in [1.82, 2.24) is 14.4 Å². The Labute approximate surface area is 194 Å². The van der Waals surface area contributed by atoms with Crippen molar-refractivity contribution in [2.24, 2.45) is 0 Å². The lowest BCUT2D eigenvalue weighted by molar-refractivity contribution is -0.119. The molecule has 1 N–H and O–H groups in total. The highest BCUT2D eigenvalue weighted by atomic mass is 19.1. The molecule has 0 aliphatic rings. The fraction of sp³-hybridized carbons (Fsp3) is 0.167. The highest BCUT2D eigenvalue weighted by molar-refractivity contribution is 6.04. The Kier molecular flexibility index (Phi) is 6.51. The summed E-state index contributed by atoms with van der Waals surface area (Å²) in [6, 6.07) is 11.4. The molecule has 0 saturated carbocycles. The molecule has 0 spiro atoms.